The summed E-state index contributed by atoms with van der Waals surface area (Å²) in [6.07, 6.45) is 26.2. The maximum Gasteiger partial charge on any atom is 0.134 e. The Morgan fingerprint density at radius 1 is 0.500 bits per heavy atom. The zero-order valence-corrected chi connectivity index (χ0v) is 44.9. The molecule has 1 atom stereocenters. The minimum atomic E-state index is 0.290. The summed E-state index contributed by atoms with van der Waals surface area (Å²) in [5.41, 5.74) is 6.47. The molecule has 0 radical (unpaired) electrons. The molecule has 2 aliphatic rings. The number of hydrogen-bond donors (Lipinski definition) is 0. The van der Waals surface area contributed by atoms with Crippen LogP contribution in [0.2, 0.25) is 0 Å². The average molecular weight is 967 g/mol. The van der Waals surface area contributed by atoms with Gasteiger partial charge in [-0.15, -0.1) is 11.8 Å². The second-order valence-corrected chi connectivity index (χ2v) is 22.4. The predicted octanol–water partition coefficient (Wildman–Crippen LogP) is 16.7. The van der Waals surface area contributed by atoms with Crippen molar-refractivity contribution in [2.45, 2.75) is 164 Å². The third kappa shape index (κ3) is 16.7. The Bertz CT molecular complexity index is 2050. The Morgan fingerprint density at radius 3 is 1.53 bits per heavy atom. The van der Waals surface area contributed by atoms with Crippen molar-refractivity contribution in [1.29, 1.82) is 0 Å². The van der Waals surface area contributed by atoms with Crippen molar-refractivity contribution < 1.29 is 28.2 Å². The summed E-state index contributed by atoms with van der Waals surface area (Å²) in [6.45, 7) is 12.3. The second-order valence-electron chi connectivity index (χ2n) is 20.3. The average Bonchev–Trinajstić information content (AvgIpc) is 3.33. The van der Waals surface area contributed by atoms with Gasteiger partial charge in [0.25, 0.3) is 0 Å². The molecule has 2 aliphatic heterocycles. The molecular weight excluding hydrogens is 879 g/mol. The first-order chi connectivity index (χ1) is 33.3. The van der Waals surface area contributed by atoms with Crippen molar-refractivity contribution in [3.8, 4) is 17.2 Å². The van der Waals surface area contributed by atoms with Crippen molar-refractivity contribution in [1.82, 2.24) is 0 Å². The van der Waals surface area contributed by atoms with E-state index in [1.165, 1.54) is 169 Å². The second kappa shape index (κ2) is 29.9. The van der Waals surface area contributed by atoms with Crippen LogP contribution in [0.1, 0.15) is 166 Å². The van der Waals surface area contributed by atoms with Crippen LogP contribution in [0, 0.1) is 5.92 Å². The van der Waals surface area contributed by atoms with E-state index in [9.17, 15) is 0 Å². The first-order valence-corrected chi connectivity index (χ1v) is 28.8. The molecule has 6 nitrogen and oxygen atoms in total. The lowest BCUT2D eigenvalue weighted by molar-refractivity contribution is -0.870. The molecule has 8 heteroatoms. The Hall–Kier alpha value is -3.14. The van der Waals surface area contributed by atoms with Gasteiger partial charge < -0.3 is 28.2 Å². The topological polar surface area (TPSA) is 46.2 Å². The van der Waals surface area contributed by atoms with Crippen molar-refractivity contribution in [3.05, 3.63) is 83.4 Å². The number of quaternary nitrogens is 1. The van der Waals surface area contributed by atoms with Crippen LogP contribution in [0.5, 0.6) is 17.2 Å². The number of fused-ring (bicyclic) bond motifs is 5. The molecule has 0 aliphatic carbocycles. The molecule has 6 rings (SSSR count). The van der Waals surface area contributed by atoms with Crippen LogP contribution in [0.3, 0.4) is 0 Å². The summed E-state index contributed by atoms with van der Waals surface area (Å²) in [5.74, 6) is 4.15. The van der Waals surface area contributed by atoms with Crippen LogP contribution in [-0.2, 0) is 9.47 Å². The molecule has 0 N–H and O–H groups in total. The van der Waals surface area contributed by atoms with Gasteiger partial charge in [-0.2, -0.15) is 0 Å². The maximum absolute atomic E-state index is 6.80. The zero-order chi connectivity index (χ0) is 47.8. The molecule has 0 aromatic heterocycles. The number of hydrogen-bond acceptors (Lipinski definition) is 7. The van der Waals surface area contributed by atoms with Gasteiger partial charge in [0.05, 0.1) is 75.5 Å². The Kier molecular flexibility index (Phi) is 23.8. The molecule has 0 amide bonds. The molecule has 1 unspecified atom stereocenters. The number of likely N-dealkylation sites (N-methyl/N-ethyl adjacent to an activating group) is 1. The summed E-state index contributed by atoms with van der Waals surface area (Å²) in [6, 6.07) is 24.6. The Balaban J connectivity index is 1.25. The summed E-state index contributed by atoms with van der Waals surface area (Å²) in [4.78, 5) is 3.62. The Labute approximate surface area is 421 Å². The highest BCUT2D eigenvalue weighted by atomic mass is 32.2. The fourth-order valence-corrected chi connectivity index (χ4v) is 12.0. The van der Waals surface area contributed by atoms with E-state index >= 15 is 0 Å². The van der Waals surface area contributed by atoms with E-state index in [1.54, 1.807) is 0 Å². The fraction of sp³-hybridized carbons (Fsp3) is 0.600. The van der Waals surface area contributed by atoms with E-state index in [1.807, 2.05) is 23.5 Å². The number of allylic oxidation sites excluding steroid dienone is 1. The van der Waals surface area contributed by atoms with Gasteiger partial charge >= 0.3 is 0 Å². The monoisotopic (exact) mass is 967 g/mol. The summed E-state index contributed by atoms with van der Waals surface area (Å²) >= 11 is 3.77. The van der Waals surface area contributed by atoms with E-state index in [2.05, 4.69) is 109 Å². The lowest BCUT2D eigenvalue weighted by Crippen LogP contribution is -2.37. The largest absolute Gasteiger partial charge is 0.492 e. The number of thioether (sulfide) groups is 1. The van der Waals surface area contributed by atoms with Gasteiger partial charge in [0.2, 0.25) is 0 Å². The van der Waals surface area contributed by atoms with Crippen LogP contribution in [0.25, 0.3) is 21.9 Å². The minimum absolute atomic E-state index is 0.290. The van der Waals surface area contributed by atoms with E-state index in [4.69, 9.17) is 23.7 Å². The van der Waals surface area contributed by atoms with E-state index < -0.39 is 0 Å². The molecule has 0 bridgehead atoms. The highest BCUT2D eigenvalue weighted by Crippen LogP contribution is 2.58. The highest BCUT2D eigenvalue weighted by Gasteiger charge is 2.35. The summed E-state index contributed by atoms with van der Waals surface area (Å²) in [7, 11) is 6.56. The standard InChI is InChI=1S/C60H88NO5S2/c1-7-9-11-13-15-17-19-21-23-27-38-64-52-35-29-33-50-56(51-34-30-36-53(59(51)68-58(50)52)65-39-28-24-22-20-18-16-14-12-10-8-2)55-47(3)46-67-60-54(45-48-31-25-26-32-49(48)57(55)60)66-44-43-63-42-41-62-40-37-61(4,5)6/h25-26,29-36,45,47H,7-24,27-28,37-44,46H2,1-6H3/q+1. The molecule has 2 heterocycles. The molecule has 0 saturated carbocycles. The van der Waals surface area contributed by atoms with Gasteiger partial charge in [-0.1, -0.05) is 197 Å². The molecule has 4 aromatic carbocycles. The van der Waals surface area contributed by atoms with Crippen LogP contribution < -0.4 is 14.2 Å². The molecule has 0 fully saturated rings. The van der Waals surface area contributed by atoms with Gasteiger partial charge in [-0.25, -0.2) is 0 Å². The van der Waals surface area contributed by atoms with Crippen LogP contribution in [0.4, 0.5) is 0 Å². The van der Waals surface area contributed by atoms with E-state index in [0.717, 1.165) is 66.7 Å². The van der Waals surface area contributed by atoms with Gasteiger partial charge in [-0.05, 0) is 58.9 Å². The quantitative estimate of drug-likeness (QED) is 0.0301. The fourth-order valence-electron chi connectivity index (χ4n) is 9.54. The van der Waals surface area contributed by atoms with Crippen LogP contribution >= 0.6 is 23.5 Å². The van der Waals surface area contributed by atoms with Crippen molar-refractivity contribution in [2.75, 3.05) is 79.7 Å². The summed E-state index contributed by atoms with van der Waals surface area (Å²) < 4.78 is 33.0. The van der Waals surface area contributed by atoms with Crippen molar-refractivity contribution >= 4 is 45.4 Å². The number of unbranched alkanes of at least 4 members (excludes halogenated alkanes) is 18. The van der Waals surface area contributed by atoms with Crippen molar-refractivity contribution in [3.63, 3.8) is 0 Å². The number of benzene rings is 4. The first kappa shape index (κ1) is 54.2. The number of nitrogens with zero attached hydrogens (tertiary/aromatic N) is 1. The molecule has 374 valence electrons. The number of ether oxygens (including phenoxy) is 5. The SMILES string of the molecule is CCCCCCCCCCCCOc1cccc2c1Sc1c(OCCCCCCCCCCCC)cccc1C2=C1c2c(c(OCCOCCOCC[N+](C)(C)C)cc3ccccc23)SCC1C. The molecular formula is C60H88NO5S2+. The van der Waals surface area contributed by atoms with Crippen LogP contribution in [-0.4, -0.2) is 84.2 Å². The molecule has 0 spiro atoms. The normalized spacial score (nSPS) is 14.5. The third-order valence-corrected chi connectivity index (χ3v) is 16.1. The summed E-state index contributed by atoms with van der Waals surface area (Å²) in [5, 5.41) is 2.45. The predicted molar refractivity (Wildman–Crippen MR) is 291 cm³/mol. The minimum Gasteiger partial charge on any atom is -0.492 e. The van der Waals surface area contributed by atoms with Gasteiger partial charge in [0, 0.05) is 22.4 Å². The van der Waals surface area contributed by atoms with Gasteiger partial charge in [0.1, 0.15) is 30.4 Å². The van der Waals surface area contributed by atoms with Crippen molar-refractivity contribution in [2.24, 2.45) is 5.92 Å². The first-order valence-electron chi connectivity index (χ1n) is 27.0. The van der Waals surface area contributed by atoms with Gasteiger partial charge in [0.15, 0.2) is 0 Å². The van der Waals surface area contributed by atoms with E-state index in [-0.39, 0.29) is 5.92 Å². The third-order valence-electron chi connectivity index (χ3n) is 13.5. The van der Waals surface area contributed by atoms with Gasteiger partial charge in [-0.3, -0.25) is 0 Å². The number of rotatable bonds is 34. The lowest BCUT2D eigenvalue weighted by atomic mass is 9.81. The molecule has 4 aromatic rings. The Morgan fingerprint density at radius 2 is 0.985 bits per heavy atom. The smallest absolute Gasteiger partial charge is 0.134 e. The van der Waals surface area contributed by atoms with Crippen LogP contribution in [0.15, 0.2) is 81.4 Å². The molecule has 0 saturated heterocycles. The highest BCUT2D eigenvalue weighted by molar-refractivity contribution is 8.00. The molecule has 68 heavy (non-hydrogen) atoms. The maximum atomic E-state index is 6.80. The zero-order valence-electron chi connectivity index (χ0n) is 43.2. The lowest BCUT2D eigenvalue weighted by Gasteiger charge is -2.34. The van der Waals surface area contributed by atoms with E-state index in [0.29, 0.717) is 26.4 Å².